The van der Waals surface area contributed by atoms with Crippen LogP contribution < -0.4 is 0 Å². The maximum atomic E-state index is 13.9. The molecular formula is C46H24F12. The molecule has 0 radical (unpaired) electrons. The first kappa shape index (κ1) is 38.6. The normalized spacial score (nSPS) is 12.8. The average molecular weight is 805 g/mol. The average Bonchev–Trinajstić information content (AvgIpc) is 3.18. The molecule has 0 saturated heterocycles. The van der Waals surface area contributed by atoms with Gasteiger partial charge in [-0.05, 0) is 125 Å². The predicted octanol–water partition coefficient (Wildman–Crippen LogP) is 15.9. The van der Waals surface area contributed by atoms with E-state index < -0.39 is 47.0 Å². The van der Waals surface area contributed by atoms with Crippen molar-refractivity contribution >= 4 is 32.3 Å². The van der Waals surface area contributed by atoms with Gasteiger partial charge in [0.2, 0.25) is 0 Å². The predicted molar refractivity (Wildman–Crippen MR) is 201 cm³/mol. The van der Waals surface area contributed by atoms with Gasteiger partial charge in [-0.25, -0.2) is 0 Å². The number of hydrogen-bond donors (Lipinski definition) is 0. The van der Waals surface area contributed by atoms with E-state index in [1.165, 1.54) is 48.5 Å². The number of hydrogen-bond acceptors (Lipinski definition) is 0. The molecule has 0 saturated carbocycles. The third-order valence-electron chi connectivity index (χ3n) is 10.2. The Labute approximate surface area is 321 Å². The van der Waals surface area contributed by atoms with Crippen LogP contribution in [0.5, 0.6) is 0 Å². The topological polar surface area (TPSA) is 0 Å². The summed E-state index contributed by atoms with van der Waals surface area (Å²) < 4.78 is 166. The van der Waals surface area contributed by atoms with Crippen LogP contribution in [-0.2, 0) is 24.7 Å². The summed E-state index contributed by atoms with van der Waals surface area (Å²) in [7, 11) is 0. The Kier molecular flexibility index (Phi) is 9.09. The molecule has 0 fully saturated rings. The van der Waals surface area contributed by atoms with Crippen molar-refractivity contribution in [2.24, 2.45) is 0 Å². The van der Waals surface area contributed by atoms with Gasteiger partial charge in [-0.2, -0.15) is 52.7 Å². The fourth-order valence-corrected chi connectivity index (χ4v) is 7.63. The van der Waals surface area contributed by atoms with Crippen molar-refractivity contribution in [3.63, 3.8) is 0 Å². The summed E-state index contributed by atoms with van der Waals surface area (Å²) in [5.41, 5.74) is -1.43. The molecule has 0 aliphatic heterocycles. The lowest BCUT2D eigenvalue weighted by Gasteiger charge is -2.25. The van der Waals surface area contributed by atoms with Gasteiger partial charge in [-0.3, -0.25) is 0 Å². The summed E-state index contributed by atoms with van der Waals surface area (Å²) >= 11 is 0. The maximum absolute atomic E-state index is 13.9. The van der Waals surface area contributed by atoms with Crippen molar-refractivity contribution in [3.8, 4) is 44.5 Å². The molecule has 12 heteroatoms. The van der Waals surface area contributed by atoms with Crippen molar-refractivity contribution < 1.29 is 52.7 Å². The van der Waals surface area contributed by atoms with Crippen LogP contribution in [0.15, 0.2) is 146 Å². The molecule has 0 amide bonds. The van der Waals surface area contributed by atoms with Crippen LogP contribution in [-0.4, -0.2) is 0 Å². The van der Waals surface area contributed by atoms with E-state index in [1.54, 1.807) is 48.5 Å². The number of rotatable bonds is 4. The highest BCUT2D eigenvalue weighted by Gasteiger charge is 2.34. The molecule has 8 aromatic carbocycles. The number of fused-ring (bicyclic) bond motifs is 3. The molecule has 0 aliphatic carbocycles. The van der Waals surface area contributed by atoms with E-state index in [4.69, 9.17) is 0 Å². The first-order valence-corrected chi connectivity index (χ1v) is 17.5. The van der Waals surface area contributed by atoms with E-state index in [0.717, 1.165) is 48.5 Å². The third-order valence-corrected chi connectivity index (χ3v) is 10.2. The summed E-state index contributed by atoms with van der Waals surface area (Å²) in [6, 6.07) is 30.5. The highest BCUT2D eigenvalue weighted by Crippen LogP contribution is 2.54. The molecule has 0 unspecified atom stereocenters. The summed E-state index contributed by atoms with van der Waals surface area (Å²) in [6.45, 7) is 0. The van der Waals surface area contributed by atoms with Crippen molar-refractivity contribution in [2.45, 2.75) is 24.7 Å². The zero-order chi connectivity index (χ0) is 41.4. The van der Waals surface area contributed by atoms with Gasteiger partial charge < -0.3 is 0 Å². The molecule has 0 aliphatic rings. The minimum Gasteiger partial charge on any atom is -0.166 e. The molecule has 58 heavy (non-hydrogen) atoms. The van der Waals surface area contributed by atoms with Gasteiger partial charge >= 0.3 is 24.7 Å². The highest BCUT2D eigenvalue weighted by molar-refractivity contribution is 6.33. The van der Waals surface area contributed by atoms with Crippen molar-refractivity contribution in [2.75, 3.05) is 0 Å². The summed E-state index contributed by atoms with van der Waals surface area (Å²) in [6.07, 6.45) is -18.8. The van der Waals surface area contributed by atoms with E-state index in [2.05, 4.69) is 0 Å². The lowest BCUT2D eigenvalue weighted by molar-refractivity contribution is -0.138. The van der Waals surface area contributed by atoms with Crippen LogP contribution in [0.25, 0.3) is 76.8 Å². The second-order valence-corrected chi connectivity index (χ2v) is 13.6. The number of alkyl halides is 12. The molecule has 8 rings (SSSR count). The zero-order valence-electron chi connectivity index (χ0n) is 29.4. The van der Waals surface area contributed by atoms with E-state index in [-0.39, 0.29) is 22.3 Å². The third kappa shape index (κ3) is 6.80. The highest BCUT2D eigenvalue weighted by atomic mass is 19.4. The molecule has 292 valence electrons. The van der Waals surface area contributed by atoms with Crippen molar-refractivity contribution in [3.05, 3.63) is 168 Å². The van der Waals surface area contributed by atoms with Gasteiger partial charge in [0.1, 0.15) is 0 Å². The van der Waals surface area contributed by atoms with E-state index in [1.807, 2.05) is 0 Å². The Morgan fingerprint density at radius 2 is 0.397 bits per heavy atom. The fourth-order valence-electron chi connectivity index (χ4n) is 7.63. The molecule has 0 nitrogen and oxygen atoms in total. The SMILES string of the molecule is FC(F)(F)c1ccc(-c2c3ccccc3c(-c3ccc(C(F)(F)F)cc3)c3c(-c4ccc(C(F)(F)F)cc4)c4ccccc4c(-c4ccc(C(F)(F)F)cc4)c23)cc1. The van der Waals surface area contributed by atoms with Crippen molar-refractivity contribution in [1.82, 2.24) is 0 Å². The first-order valence-electron chi connectivity index (χ1n) is 17.5. The Bertz CT molecular complexity index is 2430. The van der Waals surface area contributed by atoms with Crippen LogP contribution in [0, 0.1) is 0 Å². The fraction of sp³-hybridized carbons (Fsp3) is 0.0870. The van der Waals surface area contributed by atoms with Crippen LogP contribution in [0.1, 0.15) is 22.3 Å². The Balaban J connectivity index is 1.65. The Morgan fingerprint density at radius 1 is 0.224 bits per heavy atom. The smallest absolute Gasteiger partial charge is 0.166 e. The van der Waals surface area contributed by atoms with E-state index in [9.17, 15) is 52.7 Å². The second-order valence-electron chi connectivity index (χ2n) is 13.6. The molecule has 8 aromatic rings. The molecule has 0 spiro atoms. The molecule has 0 atom stereocenters. The molecular weight excluding hydrogens is 780 g/mol. The van der Waals surface area contributed by atoms with E-state index in [0.29, 0.717) is 54.6 Å². The number of halogens is 12. The summed E-state index contributed by atoms with van der Waals surface area (Å²) in [5, 5.41) is 2.33. The van der Waals surface area contributed by atoms with Crippen LogP contribution in [0.4, 0.5) is 52.7 Å². The largest absolute Gasteiger partial charge is 0.416 e. The maximum Gasteiger partial charge on any atom is 0.416 e. The molecule has 0 heterocycles. The van der Waals surface area contributed by atoms with Crippen LogP contribution in [0.3, 0.4) is 0 Å². The van der Waals surface area contributed by atoms with Crippen LogP contribution >= 0.6 is 0 Å². The zero-order valence-corrected chi connectivity index (χ0v) is 29.4. The second kappa shape index (κ2) is 13.7. The van der Waals surface area contributed by atoms with Gasteiger partial charge in [-0.15, -0.1) is 0 Å². The minimum atomic E-state index is -4.70. The van der Waals surface area contributed by atoms with Gasteiger partial charge in [-0.1, -0.05) is 97.1 Å². The van der Waals surface area contributed by atoms with E-state index >= 15 is 0 Å². The lowest BCUT2D eigenvalue weighted by atomic mass is 9.77. The molecule has 0 bridgehead atoms. The number of benzene rings is 8. The Hall–Kier alpha value is -6.30. The van der Waals surface area contributed by atoms with Gasteiger partial charge in [0.15, 0.2) is 0 Å². The Morgan fingerprint density at radius 3 is 0.552 bits per heavy atom. The molecule has 0 N–H and O–H groups in total. The van der Waals surface area contributed by atoms with Gasteiger partial charge in [0, 0.05) is 0 Å². The molecule has 0 aromatic heterocycles. The quantitative estimate of drug-likeness (QED) is 0.123. The van der Waals surface area contributed by atoms with Crippen LogP contribution in [0.2, 0.25) is 0 Å². The summed E-state index contributed by atoms with van der Waals surface area (Å²) in [5.74, 6) is 0. The first-order chi connectivity index (χ1) is 27.3. The van der Waals surface area contributed by atoms with Gasteiger partial charge in [0.25, 0.3) is 0 Å². The van der Waals surface area contributed by atoms with Crippen molar-refractivity contribution in [1.29, 1.82) is 0 Å². The standard InChI is InChI=1S/C46H24F12/c47-43(48,49)29-17-9-25(10-18-29)37-33-5-1-2-6-34(33)38(26-11-19-30(20-12-26)44(50,51)52)42-40(28-15-23-32(24-16-28)46(56,57)58)36-8-4-3-7-35(36)39(41(37)42)27-13-21-31(22-14-27)45(53,54)55/h1-24H. The summed E-state index contributed by atoms with van der Waals surface area (Å²) in [4.78, 5) is 0. The van der Waals surface area contributed by atoms with Gasteiger partial charge in [0.05, 0.1) is 22.3 Å². The minimum absolute atomic E-state index is 0.259. The lowest BCUT2D eigenvalue weighted by Crippen LogP contribution is -2.05. The monoisotopic (exact) mass is 804 g/mol.